The predicted octanol–water partition coefficient (Wildman–Crippen LogP) is -0.366. The van der Waals surface area contributed by atoms with Crippen LogP contribution in [0.4, 0.5) is 10.6 Å². The van der Waals surface area contributed by atoms with Crippen molar-refractivity contribution in [2.24, 2.45) is 0 Å². The maximum absolute atomic E-state index is 11.7. The molecule has 0 spiro atoms. The average Bonchev–Trinajstić information content (AvgIpc) is 2.33. The van der Waals surface area contributed by atoms with Gasteiger partial charge in [-0.3, -0.25) is 10.1 Å². The summed E-state index contributed by atoms with van der Waals surface area (Å²) in [5.74, 6) is 0.330. The van der Waals surface area contributed by atoms with E-state index in [1.54, 1.807) is 4.90 Å². The van der Waals surface area contributed by atoms with Crippen molar-refractivity contribution >= 4 is 11.8 Å². The van der Waals surface area contributed by atoms with E-state index in [2.05, 4.69) is 15.5 Å². The summed E-state index contributed by atoms with van der Waals surface area (Å²) in [4.78, 5) is 24.1. The quantitative estimate of drug-likeness (QED) is 0.681. The number of carbonyl (C=O) groups is 1. The van der Waals surface area contributed by atoms with Gasteiger partial charge in [0.05, 0.1) is 13.2 Å². The van der Waals surface area contributed by atoms with Crippen LogP contribution in [-0.4, -0.2) is 47.4 Å². The summed E-state index contributed by atoms with van der Waals surface area (Å²) in [5, 5.41) is 8.52. The van der Waals surface area contributed by atoms with Crippen LogP contribution in [0.25, 0.3) is 0 Å². The predicted molar refractivity (Wildman–Crippen MR) is 56.3 cm³/mol. The maximum atomic E-state index is 11.7. The van der Waals surface area contributed by atoms with Crippen molar-refractivity contribution in [3.8, 4) is 0 Å². The van der Waals surface area contributed by atoms with E-state index in [1.807, 2.05) is 0 Å². The number of hydrogen-bond acceptors (Lipinski definition) is 4. The fourth-order valence-corrected chi connectivity index (χ4v) is 1.37. The van der Waals surface area contributed by atoms with Crippen molar-refractivity contribution < 1.29 is 9.53 Å². The first kappa shape index (κ1) is 10.6. The van der Waals surface area contributed by atoms with Crippen LogP contribution in [0, 0.1) is 0 Å². The van der Waals surface area contributed by atoms with Crippen LogP contribution in [-0.2, 0) is 4.74 Å². The third kappa shape index (κ3) is 2.57. The molecular formula is C9H12N4O3. The zero-order valence-corrected chi connectivity index (χ0v) is 8.60. The number of amides is 2. The monoisotopic (exact) mass is 224 g/mol. The number of nitrogens with one attached hydrogen (secondary N) is 2. The van der Waals surface area contributed by atoms with Gasteiger partial charge in [-0.15, -0.1) is 0 Å². The SMILES string of the molecule is O=C(Nc1ccc(=O)[nH]n1)N1CCOCC1. The minimum Gasteiger partial charge on any atom is -0.378 e. The van der Waals surface area contributed by atoms with Crippen molar-refractivity contribution in [1.82, 2.24) is 15.1 Å². The number of aromatic amines is 1. The Bertz CT molecular complexity index is 405. The summed E-state index contributed by atoms with van der Waals surface area (Å²) < 4.78 is 5.13. The average molecular weight is 224 g/mol. The number of nitrogens with zero attached hydrogens (tertiary/aromatic N) is 2. The normalized spacial score (nSPS) is 15.9. The first-order chi connectivity index (χ1) is 7.75. The van der Waals surface area contributed by atoms with E-state index in [4.69, 9.17) is 4.74 Å². The molecule has 0 saturated carbocycles. The first-order valence-corrected chi connectivity index (χ1v) is 4.95. The Morgan fingerprint density at radius 3 is 2.81 bits per heavy atom. The molecule has 1 aromatic heterocycles. The smallest absolute Gasteiger partial charge is 0.323 e. The van der Waals surface area contributed by atoms with Gasteiger partial charge in [-0.25, -0.2) is 9.89 Å². The third-order valence-corrected chi connectivity index (χ3v) is 2.21. The molecule has 0 atom stereocenters. The lowest BCUT2D eigenvalue weighted by atomic mass is 10.4. The second kappa shape index (κ2) is 4.75. The van der Waals surface area contributed by atoms with Gasteiger partial charge in [0.2, 0.25) is 0 Å². The summed E-state index contributed by atoms with van der Waals surface area (Å²) >= 11 is 0. The molecule has 1 aromatic rings. The lowest BCUT2D eigenvalue weighted by molar-refractivity contribution is 0.0564. The van der Waals surface area contributed by atoms with E-state index in [-0.39, 0.29) is 11.6 Å². The van der Waals surface area contributed by atoms with Crippen LogP contribution < -0.4 is 10.9 Å². The van der Waals surface area contributed by atoms with Crippen molar-refractivity contribution in [2.75, 3.05) is 31.6 Å². The largest absolute Gasteiger partial charge is 0.378 e. The molecule has 1 fully saturated rings. The Kier molecular flexibility index (Phi) is 3.16. The standard InChI is InChI=1S/C9H12N4O3/c14-8-2-1-7(11-12-8)10-9(15)13-3-5-16-6-4-13/h1-2H,3-6H2,(H,12,14)(H,10,11,15). The van der Waals surface area contributed by atoms with Crippen molar-refractivity contribution in [3.05, 3.63) is 22.5 Å². The van der Waals surface area contributed by atoms with Crippen LogP contribution in [0.2, 0.25) is 0 Å². The molecule has 2 rings (SSSR count). The van der Waals surface area contributed by atoms with Crippen LogP contribution in [0.1, 0.15) is 0 Å². The topological polar surface area (TPSA) is 87.3 Å². The Morgan fingerprint density at radius 2 is 2.19 bits per heavy atom. The van der Waals surface area contributed by atoms with E-state index < -0.39 is 0 Å². The molecule has 1 aliphatic rings. The van der Waals surface area contributed by atoms with E-state index >= 15 is 0 Å². The van der Waals surface area contributed by atoms with Gasteiger partial charge < -0.3 is 9.64 Å². The minimum absolute atomic E-state index is 0.233. The molecule has 7 heteroatoms. The highest BCUT2D eigenvalue weighted by atomic mass is 16.5. The molecule has 2 amide bonds. The Balaban J connectivity index is 1.95. The number of hydrogen-bond donors (Lipinski definition) is 2. The molecule has 86 valence electrons. The van der Waals surface area contributed by atoms with E-state index in [0.717, 1.165) is 0 Å². The van der Waals surface area contributed by atoms with E-state index in [1.165, 1.54) is 12.1 Å². The summed E-state index contributed by atoms with van der Waals surface area (Å²) in [6, 6.07) is 2.53. The highest BCUT2D eigenvalue weighted by Gasteiger charge is 2.16. The number of carbonyl (C=O) groups excluding carboxylic acids is 1. The lowest BCUT2D eigenvalue weighted by Gasteiger charge is -2.26. The second-order valence-electron chi connectivity index (χ2n) is 3.34. The van der Waals surface area contributed by atoms with Crippen molar-refractivity contribution in [3.63, 3.8) is 0 Å². The number of H-pyrrole nitrogens is 1. The molecule has 0 aromatic carbocycles. The van der Waals surface area contributed by atoms with Crippen molar-refractivity contribution in [1.29, 1.82) is 0 Å². The van der Waals surface area contributed by atoms with Gasteiger partial charge >= 0.3 is 6.03 Å². The number of ether oxygens (including phenoxy) is 1. The number of morpholine rings is 1. The van der Waals surface area contributed by atoms with Crippen molar-refractivity contribution in [2.45, 2.75) is 0 Å². The zero-order valence-electron chi connectivity index (χ0n) is 8.60. The minimum atomic E-state index is -0.302. The van der Waals surface area contributed by atoms with Gasteiger partial charge in [0.25, 0.3) is 5.56 Å². The lowest BCUT2D eigenvalue weighted by Crippen LogP contribution is -2.43. The third-order valence-electron chi connectivity index (χ3n) is 2.21. The molecule has 2 N–H and O–H groups in total. The van der Waals surface area contributed by atoms with Gasteiger partial charge in [0, 0.05) is 19.2 Å². The van der Waals surface area contributed by atoms with Crippen LogP contribution >= 0.6 is 0 Å². The van der Waals surface area contributed by atoms with Gasteiger partial charge in [0.1, 0.15) is 0 Å². The van der Waals surface area contributed by atoms with Crippen LogP contribution in [0.15, 0.2) is 16.9 Å². The zero-order chi connectivity index (χ0) is 11.4. The highest BCUT2D eigenvalue weighted by Crippen LogP contribution is 2.02. The second-order valence-corrected chi connectivity index (χ2v) is 3.34. The molecule has 1 aliphatic heterocycles. The van der Waals surface area contributed by atoms with E-state index in [9.17, 15) is 9.59 Å². The Morgan fingerprint density at radius 1 is 1.44 bits per heavy atom. The summed E-state index contributed by atoms with van der Waals surface area (Å²) in [5.41, 5.74) is -0.302. The van der Waals surface area contributed by atoms with Crippen LogP contribution in [0.5, 0.6) is 0 Å². The van der Waals surface area contributed by atoms with Gasteiger partial charge in [0.15, 0.2) is 5.82 Å². The molecule has 16 heavy (non-hydrogen) atoms. The molecule has 1 saturated heterocycles. The van der Waals surface area contributed by atoms with Crippen LogP contribution in [0.3, 0.4) is 0 Å². The number of urea groups is 1. The maximum Gasteiger partial charge on any atom is 0.323 e. The fraction of sp³-hybridized carbons (Fsp3) is 0.444. The summed E-state index contributed by atoms with van der Waals surface area (Å²) in [7, 11) is 0. The molecular weight excluding hydrogens is 212 g/mol. The Labute approximate surface area is 91.4 Å². The van der Waals surface area contributed by atoms with Gasteiger partial charge in [-0.1, -0.05) is 0 Å². The number of aromatic nitrogens is 2. The molecule has 2 heterocycles. The fourth-order valence-electron chi connectivity index (χ4n) is 1.37. The van der Waals surface area contributed by atoms with Gasteiger partial charge in [-0.05, 0) is 6.07 Å². The number of anilines is 1. The summed E-state index contributed by atoms with van der Waals surface area (Å²) in [6.45, 7) is 2.23. The highest BCUT2D eigenvalue weighted by molar-refractivity contribution is 5.88. The molecule has 7 nitrogen and oxygen atoms in total. The Hall–Kier alpha value is -1.89. The molecule has 0 unspecified atom stereocenters. The van der Waals surface area contributed by atoms with E-state index in [0.29, 0.717) is 32.1 Å². The molecule has 0 radical (unpaired) electrons. The molecule has 0 aliphatic carbocycles. The molecule has 0 bridgehead atoms. The number of rotatable bonds is 1. The first-order valence-electron chi connectivity index (χ1n) is 4.95. The summed E-state index contributed by atoms with van der Waals surface area (Å²) in [6.07, 6.45) is 0. The van der Waals surface area contributed by atoms with Gasteiger partial charge in [-0.2, -0.15) is 5.10 Å².